The zero-order valence-corrected chi connectivity index (χ0v) is 13.3. The van der Waals surface area contributed by atoms with Crippen LogP contribution in [0.4, 0.5) is 11.4 Å². The molecule has 122 valence electrons. The molecule has 0 fully saturated rings. The summed E-state index contributed by atoms with van der Waals surface area (Å²) < 4.78 is 0. The first-order valence-corrected chi connectivity index (χ1v) is 7.15. The van der Waals surface area contributed by atoms with Gasteiger partial charge in [-0.3, -0.25) is 4.79 Å². The van der Waals surface area contributed by atoms with Crippen LogP contribution in [-0.2, 0) is 4.79 Å². The predicted molar refractivity (Wildman–Crippen MR) is 91.7 cm³/mol. The summed E-state index contributed by atoms with van der Waals surface area (Å²) in [6.45, 7) is 1.74. The second-order valence-corrected chi connectivity index (χ2v) is 5.24. The Kier molecular flexibility index (Phi) is 5.07. The van der Waals surface area contributed by atoms with E-state index in [0.29, 0.717) is 16.9 Å². The maximum atomic E-state index is 12.3. The average molecular weight is 323 g/mol. The fourth-order valence-corrected chi connectivity index (χ4v) is 2.07. The first-order chi connectivity index (χ1) is 11.4. The van der Waals surface area contributed by atoms with Gasteiger partial charge >= 0.3 is 0 Å². The van der Waals surface area contributed by atoms with E-state index in [1.54, 1.807) is 37.1 Å². The molecule has 0 saturated carbocycles. The molecule has 3 N–H and O–H groups in total. The summed E-state index contributed by atoms with van der Waals surface area (Å²) in [5.74, 6) is -0.303. The van der Waals surface area contributed by atoms with Crippen molar-refractivity contribution in [3.63, 3.8) is 0 Å². The van der Waals surface area contributed by atoms with Gasteiger partial charge in [-0.25, -0.2) is 0 Å². The van der Waals surface area contributed by atoms with E-state index in [1.807, 2.05) is 6.07 Å². The van der Waals surface area contributed by atoms with E-state index in [9.17, 15) is 20.3 Å². The number of carbonyl (C=O) groups excluding carboxylic acids is 1. The molecule has 0 aliphatic rings. The first-order valence-electron chi connectivity index (χ1n) is 7.15. The van der Waals surface area contributed by atoms with Gasteiger partial charge in [0.2, 0.25) is 0 Å². The van der Waals surface area contributed by atoms with Crippen LogP contribution in [-0.4, -0.2) is 23.2 Å². The van der Waals surface area contributed by atoms with E-state index in [-0.39, 0.29) is 17.1 Å². The highest BCUT2D eigenvalue weighted by Gasteiger charge is 2.12. The predicted octanol–water partition coefficient (Wildman–Crippen LogP) is 2.89. The summed E-state index contributed by atoms with van der Waals surface area (Å²) in [5, 5.41) is 30.6. The Morgan fingerprint density at radius 1 is 1.17 bits per heavy atom. The Labute approximate surface area is 139 Å². The lowest BCUT2D eigenvalue weighted by atomic mass is 10.1. The van der Waals surface area contributed by atoms with E-state index < -0.39 is 5.91 Å². The average Bonchev–Trinajstić information content (AvgIpc) is 2.55. The minimum atomic E-state index is -0.545. The molecule has 0 unspecified atom stereocenters. The Morgan fingerprint density at radius 3 is 2.38 bits per heavy atom. The Bertz CT molecular complexity index is 820. The molecule has 24 heavy (non-hydrogen) atoms. The number of hydrogen-bond acceptors (Lipinski definition) is 5. The van der Waals surface area contributed by atoms with Crippen molar-refractivity contribution in [2.24, 2.45) is 0 Å². The van der Waals surface area contributed by atoms with Gasteiger partial charge in [0.05, 0.1) is 0 Å². The number of hydrogen-bond donors (Lipinski definition) is 3. The van der Waals surface area contributed by atoms with Gasteiger partial charge < -0.3 is 20.4 Å². The lowest BCUT2D eigenvalue weighted by Crippen LogP contribution is -2.18. The fraction of sp³-hybridized carbons (Fsp3) is 0.111. The number of carbonyl (C=O) groups is 1. The molecule has 0 saturated heterocycles. The summed E-state index contributed by atoms with van der Waals surface area (Å²) in [7, 11) is 1.70. The molecule has 2 rings (SSSR count). The smallest absolute Gasteiger partial charge is 0.267 e. The molecule has 0 atom stereocenters. The molecule has 6 heteroatoms. The SMILES string of the molecule is Cc1cc(O)ccc1NC(=O)/C(C#N)=C\N(C)c1ccc(O)cc1. The third kappa shape index (κ3) is 4.05. The number of nitrogens with zero attached hydrogens (tertiary/aromatic N) is 2. The van der Waals surface area contributed by atoms with E-state index >= 15 is 0 Å². The number of nitrogens with one attached hydrogen (secondary N) is 1. The third-order valence-corrected chi connectivity index (χ3v) is 3.40. The van der Waals surface area contributed by atoms with Crippen molar-refractivity contribution in [3.8, 4) is 17.6 Å². The van der Waals surface area contributed by atoms with Gasteiger partial charge in [-0.2, -0.15) is 5.26 Å². The van der Waals surface area contributed by atoms with Crippen molar-refractivity contribution in [3.05, 3.63) is 59.8 Å². The molecular weight excluding hydrogens is 306 g/mol. The Hall–Kier alpha value is -3.46. The van der Waals surface area contributed by atoms with Crippen molar-refractivity contribution >= 4 is 17.3 Å². The van der Waals surface area contributed by atoms with E-state index in [4.69, 9.17) is 0 Å². The summed E-state index contributed by atoms with van der Waals surface area (Å²) in [4.78, 5) is 13.9. The number of benzene rings is 2. The van der Waals surface area contributed by atoms with Gasteiger partial charge in [-0.1, -0.05) is 0 Å². The minimum Gasteiger partial charge on any atom is -0.508 e. The number of anilines is 2. The van der Waals surface area contributed by atoms with Gasteiger partial charge in [0.25, 0.3) is 5.91 Å². The molecule has 2 aromatic rings. The van der Waals surface area contributed by atoms with Crippen LogP contribution >= 0.6 is 0 Å². The molecule has 0 aliphatic heterocycles. The van der Waals surface area contributed by atoms with Crippen LogP contribution in [0.1, 0.15) is 5.56 Å². The second-order valence-electron chi connectivity index (χ2n) is 5.24. The highest BCUT2D eigenvalue weighted by atomic mass is 16.3. The van der Waals surface area contributed by atoms with Crippen molar-refractivity contribution in [1.82, 2.24) is 0 Å². The quantitative estimate of drug-likeness (QED) is 0.457. The van der Waals surface area contributed by atoms with Gasteiger partial charge in [0, 0.05) is 24.6 Å². The summed E-state index contributed by atoms with van der Waals surface area (Å²) in [6.07, 6.45) is 1.41. The topological polar surface area (TPSA) is 96.6 Å². The van der Waals surface area contributed by atoms with Crippen LogP contribution in [0.25, 0.3) is 0 Å². The Morgan fingerprint density at radius 2 is 1.79 bits per heavy atom. The van der Waals surface area contributed by atoms with Crippen LogP contribution in [0, 0.1) is 18.3 Å². The maximum Gasteiger partial charge on any atom is 0.267 e. The molecule has 0 aliphatic carbocycles. The van der Waals surface area contributed by atoms with Crippen molar-refractivity contribution in [2.45, 2.75) is 6.92 Å². The summed E-state index contributed by atoms with van der Waals surface area (Å²) in [5.41, 5.74) is 1.85. The van der Waals surface area contributed by atoms with Crippen molar-refractivity contribution in [1.29, 1.82) is 5.26 Å². The molecule has 0 bridgehead atoms. The van der Waals surface area contributed by atoms with Gasteiger partial charge in [-0.15, -0.1) is 0 Å². The van der Waals surface area contributed by atoms with E-state index in [1.165, 1.54) is 30.5 Å². The minimum absolute atomic E-state index is 0.0712. The van der Waals surface area contributed by atoms with Crippen molar-refractivity contribution < 1.29 is 15.0 Å². The molecular formula is C18H17N3O3. The summed E-state index contributed by atoms with van der Waals surface area (Å²) >= 11 is 0. The van der Waals surface area contributed by atoms with Gasteiger partial charge in [0.1, 0.15) is 23.1 Å². The van der Waals surface area contributed by atoms with Crippen molar-refractivity contribution in [2.75, 3.05) is 17.3 Å². The van der Waals surface area contributed by atoms with Crippen LogP contribution in [0.15, 0.2) is 54.2 Å². The molecule has 0 spiro atoms. The van der Waals surface area contributed by atoms with Crippen LogP contribution in [0.3, 0.4) is 0 Å². The summed E-state index contributed by atoms with van der Waals surface area (Å²) in [6, 6.07) is 12.8. The number of phenolic OH excluding ortho intramolecular Hbond substituents is 2. The lowest BCUT2D eigenvalue weighted by Gasteiger charge is -2.15. The number of aromatic hydroxyl groups is 2. The standard InChI is InChI=1S/C18H17N3O3/c1-12-9-16(23)7-8-17(12)20-18(24)13(10-19)11-21(2)14-3-5-15(22)6-4-14/h3-9,11,22-23H,1-2H3,(H,20,24)/b13-11-. The number of phenols is 2. The first kappa shape index (κ1) is 16.9. The number of aryl methyl sites for hydroxylation is 1. The number of amides is 1. The fourth-order valence-electron chi connectivity index (χ4n) is 2.07. The van der Waals surface area contributed by atoms with Gasteiger partial charge in [0.15, 0.2) is 0 Å². The number of nitriles is 1. The normalized spacial score (nSPS) is 10.8. The number of rotatable bonds is 4. The molecule has 6 nitrogen and oxygen atoms in total. The Balaban J connectivity index is 2.19. The van der Waals surface area contributed by atoms with Crippen LogP contribution in [0.2, 0.25) is 0 Å². The maximum absolute atomic E-state index is 12.3. The van der Waals surface area contributed by atoms with E-state index in [2.05, 4.69) is 5.32 Å². The van der Waals surface area contributed by atoms with Gasteiger partial charge in [-0.05, 0) is 55.0 Å². The molecule has 2 aromatic carbocycles. The second kappa shape index (κ2) is 7.20. The highest BCUT2D eigenvalue weighted by molar-refractivity contribution is 6.07. The third-order valence-electron chi connectivity index (χ3n) is 3.40. The molecule has 1 amide bonds. The molecule has 0 radical (unpaired) electrons. The monoisotopic (exact) mass is 323 g/mol. The lowest BCUT2D eigenvalue weighted by molar-refractivity contribution is -0.112. The van der Waals surface area contributed by atoms with E-state index in [0.717, 1.165) is 0 Å². The van der Waals surface area contributed by atoms with Crippen LogP contribution < -0.4 is 10.2 Å². The largest absolute Gasteiger partial charge is 0.508 e. The highest BCUT2D eigenvalue weighted by Crippen LogP contribution is 2.21. The zero-order valence-electron chi connectivity index (χ0n) is 13.3. The molecule has 0 heterocycles. The van der Waals surface area contributed by atoms with Crippen LogP contribution in [0.5, 0.6) is 11.5 Å². The molecule has 0 aromatic heterocycles. The zero-order chi connectivity index (χ0) is 17.7.